The van der Waals surface area contributed by atoms with Crippen LogP contribution in [0.15, 0.2) is 18.2 Å². The van der Waals surface area contributed by atoms with Crippen LogP contribution in [-0.2, 0) is 0 Å². The van der Waals surface area contributed by atoms with Gasteiger partial charge in [0, 0.05) is 5.41 Å². The highest BCUT2D eigenvalue weighted by molar-refractivity contribution is 5.91. The molecular weight excluding hydrogens is 268 g/mol. The Bertz CT molecular complexity index is 532. The van der Waals surface area contributed by atoms with Crippen LogP contribution in [0.2, 0.25) is 0 Å². The second-order valence-corrected chi connectivity index (χ2v) is 6.24. The van der Waals surface area contributed by atoms with Gasteiger partial charge in [-0.25, -0.2) is 4.79 Å². The SMILES string of the molecule is COc1ccc(OC2CCC23CCCCC3)c(C(=O)O)c1. The zero-order valence-electron chi connectivity index (χ0n) is 12.4. The van der Waals surface area contributed by atoms with Crippen molar-refractivity contribution in [2.45, 2.75) is 51.0 Å². The zero-order valence-corrected chi connectivity index (χ0v) is 12.4. The highest BCUT2D eigenvalue weighted by Gasteiger charge is 2.48. The minimum Gasteiger partial charge on any atom is -0.497 e. The van der Waals surface area contributed by atoms with E-state index in [9.17, 15) is 9.90 Å². The molecule has 1 N–H and O–H groups in total. The van der Waals surface area contributed by atoms with Crippen molar-refractivity contribution in [3.8, 4) is 11.5 Å². The van der Waals surface area contributed by atoms with Gasteiger partial charge in [0.2, 0.25) is 0 Å². The third-order valence-corrected chi connectivity index (χ3v) is 5.12. The maximum Gasteiger partial charge on any atom is 0.339 e. The molecule has 4 nitrogen and oxygen atoms in total. The fraction of sp³-hybridized carbons (Fsp3) is 0.588. The number of carbonyl (C=O) groups is 1. The number of carboxylic acid groups (broad SMARTS) is 1. The summed E-state index contributed by atoms with van der Waals surface area (Å²) in [5.41, 5.74) is 0.487. The average Bonchev–Trinajstić information content (AvgIpc) is 2.52. The molecule has 2 aliphatic carbocycles. The lowest BCUT2D eigenvalue weighted by molar-refractivity contribution is -0.0706. The number of aromatic carboxylic acids is 1. The Morgan fingerprint density at radius 3 is 2.57 bits per heavy atom. The molecule has 1 aromatic carbocycles. The molecule has 1 unspecified atom stereocenters. The number of ether oxygens (including phenoxy) is 2. The molecule has 114 valence electrons. The fourth-order valence-electron chi connectivity index (χ4n) is 3.74. The summed E-state index contributed by atoms with van der Waals surface area (Å²) in [7, 11) is 1.53. The van der Waals surface area contributed by atoms with E-state index in [0.717, 1.165) is 6.42 Å². The summed E-state index contributed by atoms with van der Waals surface area (Å²) in [6.07, 6.45) is 8.72. The molecule has 1 aromatic rings. The summed E-state index contributed by atoms with van der Waals surface area (Å²) in [6, 6.07) is 5.01. The Morgan fingerprint density at radius 2 is 2.00 bits per heavy atom. The standard InChI is InChI=1S/C17H22O4/c1-20-12-5-6-14(13(11-12)16(18)19)21-15-7-10-17(15)8-3-2-4-9-17/h5-6,11,15H,2-4,7-10H2,1H3,(H,18,19). The molecule has 2 saturated carbocycles. The van der Waals surface area contributed by atoms with Crippen LogP contribution in [-0.4, -0.2) is 24.3 Å². The van der Waals surface area contributed by atoms with E-state index >= 15 is 0 Å². The van der Waals surface area contributed by atoms with Crippen LogP contribution >= 0.6 is 0 Å². The first-order chi connectivity index (χ1) is 10.1. The molecule has 1 spiro atoms. The number of hydrogen-bond acceptors (Lipinski definition) is 3. The summed E-state index contributed by atoms with van der Waals surface area (Å²) < 4.78 is 11.2. The van der Waals surface area contributed by atoms with E-state index in [1.807, 2.05) is 0 Å². The lowest BCUT2D eigenvalue weighted by Crippen LogP contribution is -2.49. The molecule has 0 aliphatic heterocycles. The molecule has 4 heteroatoms. The predicted molar refractivity (Wildman–Crippen MR) is 79.1 cm³/mol. The lowest BCUT2D eigenvalue weighted by atomic mass is 9.58. The second kappa shape index (κ2) is 5.58. The van der Waals surface area contributed by atoms with Gasteiger partial charge in [-0.3, -0.25) is 0 Å². The van der Waals surface area contributed by atoms with Gasteiger partial charge in [0.1, 0.15) is 23.2 Å². The van der Waals surface area contributed by atoms with E-state index in [2.05, 4.69) is 0 Å². The number of rotatable bonds is 4. The van der Waals surface area contributed by atoms with E-state index in [0.29, 0.717) is 16.9 Å². The molecule has 21 heavy (non-hydrogen) atoms. The van der Waals surface area contributed by atoms with Crippen LogP contribution in [0.5, 0.6) is 11.5 Å². The molecule has 0 aromatic heterocycles. The van der Waals surface area contributed by atoms with Gasteiger partial charge in [-0.15, -0.1) is 0 Å². The summed E-state index contributed by atoms with van der Waals surface area (Å²) in [5.74, 6) is 0.0413. The van der Waals surface area contributed by atoms with E-state index in [4.69, 9.17) is 9.47 Å². The van der Waals surface area contributed by atoms with Gasteiger partial charge < -0.3 is 14.6 Å². The molecule has 0 radical (unpaired) electrons. The number of methoxy groups -OCH3 is 1. The fourth-order valence-corrected chi connectivity index (χ4v) is 3.74. The summed E-state index contributed by atoms with van der Waals surface area (Å²) in [5, 5.41) is 9.36. The van der Waals surface area contributed by atoms with Gasteiger partial charge in [-0.1, -0.05) is 19.3 Å². The molecule has 2 fully saturated rings. The van der Waals surface area contributed by atoms with Crippen LogP contribution in [0.1, 0.15) is 55.3 Å². The van der Waals surface area contributed by atoms with Crippen LogP contribution in [0.4, 0.5) is 0 Å². The van der Waals surface area contributed by atoms with Gasteiger partial charge in [-0.05, 0) is 43.9 Å². The number of carboxylic acids is 1. The Morgan fingerprint density at radius 1 is 1.24 bits per heavy atom. The normalized spacial score (nSPS) is 23.4. The van der Waals surface area contributed by atoms with E-state index in [1.165, 1.54) is 51.7 Å². The van der Waals surface area contributed by atoms with Crippen molar-refractivity contribution in [2.75, 3.05) is 7.11 Å². The highest BCUT2D eigenvalue weighted by atomic mass is 16.5. The van der Waals surface area contributed by atoms with Crippen LogP contribution in [0.25, 0.3) is 0 Å². The molecule has 0 heterocycles. The van der Waals surface area contributed by atoms with Crippen LogP contribution in [0, 0.1) is 5.41 Å². The minimum absolute atomic E-state index is 0.171. The van der Waals surface area contributed by atoms with Crippen LogP contribution in [0.3, 0.4) is 0 Å². The van der Waals surface area contributed by atoms with Gasteiger partial charge >= 0.3 is 5.97 Å². The van der Waals surface area contributed by atoms with Gasteiger partial charge in [0.25, 0.3) is 0 Å². The average molecular weight is 290 g/mol. The molecule has 0 saturated heterocycles. The highest BCUT2D eigenvalue weighted by Crippen LogP contribution is 2.53. The molecule has 0 bridgehead atoms. The Labute approximate surface area is 125 Å². The number of hydrogen-bond donors (Lipinski definition) is 1. The van der Waals surface area contributed by atoms with E-state index in [1.54, 1.807) is 12.1 Å². The predicted octanol–water partition coefficient (Wildman–Crippen LogP) is 3.89. The second-order valence-electron chi connectivity index (χ2n) is 6.24. The van der Waals surface area contributed by atoms with Crippen molar-refractivity contribution in [1.29, 1.82) is 0 Å². The van der Waals surface area contributed by atoms with Gasteiger partial charge in [0.15, 0.2) is 0 Å². The summed E-state index contributed by atoms with van der Waals surface area (Å²) in [6.45, 7) is 0. The van der Waals surface area contributed by atoms with Crippen LogP contribution < -0.4 is 9.47 Å². The van der Waals surface area contributed by atoms with Crippen molar-refractivity contribution >= 4 is 5.97 Å². The van der Waals surface area contributed by atoms with E-state index < -0.39 is 5.97 Å². The first kappa shape index (κ1) is 14.2. The largest absolute Gasteiger partial charge is 0.497 e. The monoisotopic (exact) mass is 290 g/mol. The van der Waals surface area contributed by atoms with Crippen molar-refractivity contribution in [3.63, 3.8) is 0 Å². The van der Waals surface area contributed by atoms with Crippen molar-refractivity contribution in [2.24, 2.45) is 5.41 Å². The van der Waals surface area contributed by atoms with E-state index in [-0.39, 0.29) is 11.7 Å². The molecule has 1 atom stereocenters. The third-order valence-electron chi connectivity index (χ3n) is 5.12. The van der Waals surface area contributed by atoms with Crippen molar-refractivity contribution in [1.82, 2.24) is 0 Å². The summed E-state index contributed by atoms with van der Waals surface area (Å²) in [4.78, 5) is 11.4. The topological polar surface area (TPSA) is 55.8 Å². The first-order valence-electron chi connectivity index (χ1n) is 7.73. The molecular formula is C17H22O4. The Balaban J connectivity index is 1.80. The first-order valence-corrected chi connectivity index (χ1v) is 7.73. The minimum atomic E-state index is -0.971. The zero-order chi connectivity index (χ0) is 14.9. The Hall–Kier alpha value is -1.71. The maximum absolute atomic E-state index is 11.4. The molecule has 0 amide bonds. The lowest BCUT2D eigenvalue weighted by Gasteiger charge is -2.51. The van der Waals surface area contributed by atoms with Crippen molar-refractivity contribution < 1.29 is 19.4 Å². The van der Waals surface area contributed by atoms with Crippen molar-refractivity contribution in [3.05, 3.63) is 23.8 Å². The molecule has 2 aliphatic rings. The molecule has 3 rings (SSSR count). The summed E-state index contributed by atoms with van der Waals surface area (Å²) >= 11 is 0. The quantitative estimate of drug-likeness (QED) is 0.914. The Kier molecular flexibility index (Phi) is 3.79. The van der Waals surface area contributed by atoms with Gasteiger partial charge in [0.05, 0.1) is 7.11 Å². The van der Waals surface area contributed by atoms with Gasteiger partial charge in [-0.2, -0.15) is 0 Å². The number of benzene rings is 1. The maximum atomic E-state index is 11.4. The smallest absolute Gasteiger partial charge is 0.339 e. The third kappa shape index (κ3) is 2.59.